The highest BCUT2D eigenvalue weighted by molar-refractivity contribution is 5.70. The fourth-order valence-electron chi connectivity index (χ4n) is 1.41. The molecule has 1 heterocycles. The van der Waals surface area contributed by atoms with Crippen molar-refractivity contribution in [1.82, 2.24) is 4.98 Å². The maximum atomic E-state index is 5.23. The lowest BCUT2D eigenvalue weighted by Crippen LogP contribution is -1.92. The van der Waals surface area contributed by atoms with E-state index in [-0.39, 0.29) is 0 Å². The van der Waals surface area contributed by atoms with Gasteiger partial charge < -0.3 is 13.9 Å². The number of rotatable bonds is 3. The number of oxazole rings is 1. The highest BCUT2D eigenvalue weighted by Crippen LogP contribution is 2.36. The van der Waals surface area contributed by atoms with Gasteiger partial charge in [-0.1, -0.05) is 6.07 Å². The molecule has 2 rings (SSSR count). The fourth-order valence-corrected chi connectivity index (χ4v) is 1.41. The maximum Gasteiger partial charge on any atom is 0.233 e. The van der Waals surface area contributed by atoms with Gasteiger partial charge in [-0.25, -0.2) is 4.98 Å². The van der Waals surface area contributed by atoms with Crippen molar-refractivity contribution in [2.75, 3.05) is 14.2 Å². The minimum absolute atomic E-state index is 0.490. The molecule has 0 amide bonds. The minimum Gasteiger partial charge on any atom is -0.496 e. The first-order chi connectivity index (χ1) is 7.36. The molecule has 0 aliphatic rings. The molecule has 0 radical (unpaired) electrons. The third-order valence-corrected chi connectivity index (χ3v) is 2.07. The summed E-state index contributed by atoms with van der Waals surface area (Å²) in [6, 6.07) is 5.52. The zero-order chi connectivity index (χ0) is 10.7. The van der Waals surface area contributed by atoms with Crippen molar-refractivity contribution < 1.29 is 13.9 Å². The SMILES string of the molecule is COc1cccc(OC)c1-c1ncco1. The molecule has 0 saturated carbocycles. The van der Waals surface area contributed by atoms with Gasteiger partial charge in [-0.2, -0.15) is 0 Å². The number of aromatic nitrogens is 1. The van der Waals surface area contributed by atoms with E-state index in [2.05, 4.69) is 4.98 Å². The Balaban J connectivity index is 2.61. The van der Waals surface area contributed by atoms with Crippen LogP contribution in [0.3, 0.4) is 0 Å². The Bertz CT molecular complexity index is 415. The first kappa shape index (κ1) is 9.58. The lowest BCUT2D eigenvalue weighted by molar-refractivity contribution is 0.394. The number of hydrogen-bond donors (Lipinski definition) is 0. The number of hydrogen-bond acceptors (Lipinski definition) is 4. The van der Waals surface area contributed by atoms with Crippen LogP contribution in [0.25, 0.3) is 11.5 Å². The van der Waals surface area contributed by atoms with E-state index in [1.54, 1.807) is 20.4 Å². The van der Waals surface area contributed by atoms with Gasteiger partial charge in [0.05, 0.1) is 20.4 Å². The molecule has 15 heavy (non-hydrogen) atoms. The predicted molar refractivity (Wildman–Crippen MR) is 55.0 cm³/mol. The Morgan fingerprint density at radius 2 is 1.80 bits per heavy atom. The van der Waals surface area contributed by atoms with E-state index in [1.807, 2.05) is 18.2 Å². The Labute approximate surface area is 87.5 Å². The normalized spacial score (nSPS) is 10.0. The Hall–Kier alpha value is -1.97. The van der Waals surface area contributed by atoms with E-state index in [4.69, 9.17) is 13.9 Å². The van der Waals surface area contributed by atoms with E-state index < -0.39 is 0 Å². The molecule has 1 aromatic carbocycles. The molecule has 0 aliphatic heterocycles. The minimum atomic E-state index is 0.490. The largest absolute Gasteiger partial charge is 0.496 e. The summed E-state index contributed by atoms with van der Waals surface area (Å²) in [5.41, 5.74) is 0.729. The predicted octanol–water partition coefficient (Wildman–Crippen LogP) is 2.36. The van der Waals surface area contributed by atoms with Gasteiger partial charge in [0.1, 0.15) is 23.3 Å². The molecule has 0 saturated heterocycles. The van der Waals surface area contributed by atoms with Crippen molar-refractivity contribution in [2.24, 2.45) is 0 Å². The Morgan fingerprint density at radius 1 is 1.13 bits per heavy atom. The van der Waals surface area contributed by atoms with Crippen molar-refractivity contribution >= 4 is 0 Å². The summed E-state index contributed by atoms with van der Waals surface area (Å²) in [5.74, 6) is 1.85. The molecule has 0 unspecified atom stereocenters. The fraction of sp³-hybridized carbons (Fsp3) is 0.182. The molecule has 0 aliphatic carbocycles. The van der Waals surface area contributed by atoms with Crippen molar-refractivity contribution in [1.29, 1.82) is 0 Å². The van der Waals surface area contributed by atoms with Gasteiger partial charge in [0.25, 0.3) is 0 Å². The van der Waals surface area contributed by atoms with E-state index in [0.717, 1.165) is 5.56 Å². The highest BCUT2D eigenvalue weighted by atomic mass is 16.5. The first-order valence-electron chi connectivity index (χ1n) is 4.47. The average molecular weight is 205 g/mol. The highest BCUT2D eigenvalue weighted by Gasteiger charge is 2.15. The van der Waals surface area contributed by atoms with Crippen LogP contribution in [0.5, 0.6) is 11.5 Å². The van der Waals surface area contributed by atoms with Gasteiger partial charge in [0.2, 0.25) is 5.89 Å². The second-order valence-corrected chi connectivity index (χ2v) is 2.87. The molecule has 78 valence electrons. The number of nitrogens with zero attached hydrogens (tertiary/aromatic N) is 1. The Morgan fingerprint density at radius 3 is 2.27 bits per heavy atom. The molecule has 0 atom stereocenters. The molecule has 0 N–H and O–H groups in total. The molecule has 4 heteroatoms. The Kier molecular flexibility index (Phi) is 2.58. The number of benzene rings is 1. The van der Waals surface area contributed by atoms with Crippen LogP contribution in [0.2, 0.25) is 0 Å². The van der Waals surface area contributed by atoms with E-state index in [1.165, 1.54) is 6.26 Å². The zero-order valence-electron chi connectivity index (χ0n) is 8.56. The first-order valence-corrected chi connectivity index (χ1v) is 4.47. The summed E-state index contributed by atoms with van der Waals surface area (Å²) in [5, 5.41) is 0. The van der Waals surface area contributed by atoms with E-state index in [0.29, 0.717) is 17.4 Å². The van der Waals surface area contributed by atoms with Crippen molar-refractivity contribution in [2.45, 2.75) is 0 Å². The smallest absolute Gasteiger partial charge is 0.233 e. The lowest BCUT2D eigenvalue weighted by Gasteiger charge is -2.09. The summed E-state index contributed by atoms with van der Waals surface area (Å²) >= 11 is 0. The number of methoxy groups -OCH3 is 2. The molecule has 4 nitrogen and oxygen atoms in total. The van der Waals surface area contributed by atoms with Crippen LogP contribution < -0.4 is 9.47 Å². The molecule has 2 aromatic rings. The van der Waals surface area contributed by atoms with Crippen LogP contribution in [0.15, 0.2) is 35.1 Å². The summed E-state index contributed by atoms with van der Waals surface area (Å²) in [6.45, 7) is 0. The van der Waals surface area contributed by atoms with Gasteiger partial charge in [0.15, 0.2) is 0 Å². The third kappa shape index (κ3) is 1.66. The van der Waals surface area contributed by atoms with E-state index >= 15 is 0 Å². The zero-order valence-corrected chi connectivity index (χ0v) is 8.56. The van der Waals surface area contributed by atoms with Gasteiger partial charge in [-0.15, -0.1) is 0 Å². The van der Waals surface area contributed by atoms with Gasteiger partial charge >= 0.3 is 0 Å². The molecular formula is C11H11NO3. The number of ether oxygens (including phenoxy) is 2. The van der Waals surface area contributed by atoms with Gasteiger partial charge in [-0.05, 0) is 12.1 Å². The van der Waals surface area contributed by atoms with Crippen LogP contribution in [0.1, 0.15) is 0 Å². The second-order valence-electron chi connectivity index (χ2n) is 2.87. The quantitative estimate of drug-likeness (QED) is 0.771. The van der Waals surface area contributed by atoms with Crippen molar-refractivity contribution in [3.63, 3.8) is 0 Å². The van der Waals surface area contributed by atoms with Crippen LogP contribution in [-0.4, -0.2) is 19.2 Å². The molecule has 0 bridgehead atoms. The van der Waals surface area contributed by atoms with Crippen LogP contribution >= 0.6 is 0 Å². The van der Waals surface area contributed by atoms with Crippen LogP contribution in [0, 0.1) is 0 Å². The molecular weight excluding hydrogens is 194 g/mol. The lowest BCUT2D eigenvalue weighted by atomic mass is 10.1. The average Bonchev–Trinajstić information content (AvgIpc) is 2.81. The van der Waals surface area contributed by atoms with Crippen LogP contribution in [0.4, 0.5) is 0 Å². The van der Waals surface area contributed by atoms with Crippen molar-refractivity contribution in [3.8, 4) is 23.0 Å². The van der Waals surface area contributed by atoms with Crippen molar-refractivity contribution in [3.05, 3.63) is 30.7 Å². The maximum absolute atomic E-state index is 5.23. The molecule has 0 fully saturated rings. The third-order valence-electron chi connectivity index (χ3n) is 2.07. The van der Waals surface area contributed by atoms with E-state index in [9.17, 15) is 0 Å². The van der Waals surface area contributed by atoms with Crippen LogP contribution in [-0.2, 0) is 0 Å². The van der Waals surface area contributed by atoms with Gasteiger partial charge in [-0.3, -0.25) is 0 Å². The summed E-state index contributed by atoms with van der Waals surface area (Å²) < 4.78 is 15.7. The summed E-state index contributed by atoms with van der Waals surface area (Å²) in [4.78, 5) is 4.08. The summed E-state index contributed by atoms with van der Waals surface area (Å²) in [7, 11) is 3.20. The molecule has 1 aromatic heterocycles. The standard InChI is InChI=1S/C11H11NO3/c1-13-8-4-3-5-9(14-2)10(8)11-12-6-7-15-11/h3-7H,1-2H3. The summed E-state index contributed by atoms with van der Waals surface area (Å²) in [6.07, 6.45) is 3.10. The monoisotopic (exact) mass is 205 g/mol. The topological polar surface area (TPSA) is 44.5 Å². The second kappa shape index (κ2) is 4.04. The molecule has 0 spiro atoms. The van der Waals surface area contributed by atoms with Gasteiger partial charge in [0, 0.05) is 0 Å².